The molecule has 152 valence electrons. The molecule has 2 fully saturated rings. The molecule has 1 aromatic carbocycles. The van der Waals surface area contributed by atoms with Crippen LogP contribution in [0.1, 0.15) is 57.6 Å². The summed E-state index contributed by atoms with van der Waals surface area (Å²) in [5.41, 5.74) is 2.41. The number of hydrogen-bond donors (Lipinski definition) is 3. The number of imide groups is 1. The van der Waals surface area contributed by atoms with Crippen LogP contribution in [0.4, 0.5) is 9.18 Å². The summed E-state index contributed by atoms with van der Waals surface area (Å²) >= 11 is 0. The number of carbonyl (C=O) groups is 3. The van der Waals surface area contributed by atoms with E-state index in [1.165, 1.54) is 12.1 Å². The molecule has 8 heteroatoms. The third kappa shape index (κ3) is 4.16. The molecule has 1 aliphatic carbocycles. The Hall–Kier alpha value is -2.48. The van der Waals surface area contributed by atoms with Gasteiger partial charge in [-0.3, -0.25) is 15.0 Å². The average Bonchev–Trinajstić information content (AvgIpc) is 2.87. The molecule has 1 aliphatic heterocycles. The molecule has 1 saturated heterocycles. The van der Waals surface area contributed by atoms with Gasteiger partial charge in [-0.05, 0) is 36.5 Å². The highest BCUT2D eigenvalue weighted by atomic mass is 19.1. The van der Waals surface area contributed by atoms with Gasteiger partial charge in [0.05, 0.1) is 6.54 Å². The summed E-state index contributed by atoms with van der Waals surface area (Å²) in [6, 6.07) is 5.36. The Morgan fingerprint density at radius 2 is 1.82 bits per heavy atom. The standard InChI is InChI=1S/C20H27FN4O3/c1-13(2)17(14-6-8-15(21)9-7-14)22-12-16(26)24-25-18(27)20(23-19(25)28)10-4-3-5-11-20/h6-9,13,17,22H,3-5,10-12H2,1-2H3,(H,23,28)(H,24,26). The highest BCUT2D eigenvalue weighted by molar-refractivity contribution is 6.08. The number of nitrogens with zero attached hydrogens (tertiary/aromatic N) is 1. The van der Waals surface area contributed by atoms with Gasteiger partial charge in [0.15, 0.2) is 0 Å². The Bertz CT molecular complexity index is 744. The number of benzene rings is 1. The van der Waals surface area contributed by atoms with E-state index in [-0.39, 0.29) is 30.2 Å². The van der Waals surface area contributed by atoms with Crippen LogP contribution in [0.15, 0.2) is 24.3 Å². The first-order chi connectivity index (χ1) is 13.3. The van der Waals surface area contributed by atoms with Crippen molar-refractivity contribution in [2.45, 2.75) is 57.5 Å². The van der Waals surface area contributed by atoms with Crippen LogP contribution in [0.25, 0.3) is 0 Å². The van der Waals surface area contributed by atoms with Gasteiger partial charge in [0.2, 0.25) is 0 Å². The number of rotatable bonds is 6. The van der Waals surface area contributed by atoms with Crippen molar-refractivity contribution in [1.29, 1.82) is 0 Å². The van der Waals surface area contributed by atoms with Crippen LogP contribution in [0, 0.1) is 11.7 Å². The topological polar surface area (TPSA) is 90.5 Å². The van der Waals surface area contributed by atoms with Crippen molar-refractivity contribution in [1.82, 2.24) is 21.1 Å². The van der Waals surface area contributed by atoms with Crippen molar-refractivity contribution >= 4 is 17.8 Å². The fraction of sp³-hybridized carbons (Fsp3) is 0.550. The second-order valence-corrected chi connectivity index (χ2v) is 7.90. The molecule has 28 heavy (non-hydrogen) atoms. The van der Waals surface area contributed by atoms with Crippen molar-refractivity contribution < 1.29 is 18.8 Å². The second-order valence-electron chi connectivity index (χ2n) is 7.90. The molecule has 0 bridgehead atoms. The lowest BCUT2D eigenvalue weighted by Crippen LogP contribution is -2.52. The molecule has 0 radical (unpaired) electrons. The molecule has 1 atom stereocenters. The maximum atomic E-state index is 13.2. The van der Waals surface area contributed by atoms with Crippen LogP contribution < -0.4 is 16.1 Å². The van der Waals surface area contributed by atoms with Gasteiger partial charge in [0.1, 0.15) is 11.4 Å². The van der Waals surface area contributed by atoms with Crippen LogP contribution in [-0.4, -0.2) is 34.9 Å². The number of amides is 4. The van der Waals surface area contributed by atoms with E-state index in [1.807, 2.05) is 13.8 Å². The van der Waals surface area contributed by atoms with E-state index >= 15 is 0 Å². The smallest absolute Gasteiger partial charge is 0.322 e. The highest BCUT2D eigenvalue weighted by Crippen LogP contribution is 2.33. The minimum atomic E-state index is -0.870. The zero-order valence-corrected chi connectivity index (χ0v) is 16.3. The minimum absolute atomic E-state index is 0.0791. The minimum Gasteiger partial charge on any atom is -0.322 e. The summed E-state index contributed by atoms with van der Waals surface area (Å²) in [7, 11) is 0. The van der Waals surface area contributed by atoms with Crippen LogP contribution in [-0.2, 0) is 9.59 Å². The molecule has 1 aromatic rings. The van der Waals surface area contributed by atoms with E-state index in [9.17, 15) is 18.8 Å². The van der Waals surface area contributed by atoms with Gasteiger partial charge in [0.25, 0.3) is 11.8 Å². The maximum Gasteiger partial charge on any atom is 0.344 e. The van der Waals surface area contributed by atoms with Crippen molar-refractivity contribution in [3.05, 3.63) is 35.6 Å². The molecule has 0 aromatic heterocycles. The Labute approximate surface area is 164 Å². The van der Waals surface area contributed by atoms with Crippen molar-refractivity contribution in [3.8, 4) is 0 Å². The molecule has 3 rings (SSSR count). The first kappa shape index (κ1) is 20.3. The van der Waals surface area contributed by atoms with Crippen molar-refractivity contribution in [3.63, 3.8) is 0 Å². The summed E-state index contributed by atoms with van der Waals surface area (Å²) in [6.45, 7) is 3.90. The first-order valence-electron chi connectivity index (χ1n) is 9.77. The lowest BCUT2D eigenvalue weighted by Gasteiger charge is -2.30. The van der Waals surface area contributed by atoms with Crippen LogP contribution in [0.2, 0.25) is 0 Å². The van der Waals surface area contributed by atoms with Crippen LogP contribution in [0.5, 0.6) is 0 Å². The number of hydrogen-bond acceptors (Lipinski definition) is 4. The lowest BCUT2D eigenvalue weighted by atomic mass is 9.82. The molecule has 1 spiro atoms. The average molecular weight is 390 g/mol. The van der Waals surface area contributed by atoms with Gasteiger partial charge in [0, 0.05) is 6.04 Å². The van der Waals surface area contributed by atoms with Gasteiger partial charge in [-0.2, -0.15) is 5.01 Å². The number of nitrogens with one attached hydrogen (secondary N) is 3. The summed E-state index contributed by atoms with van der Waals surface area (Å²) in [5.74, 6) is -1.03. The van der Waals surface area contributed by atoms with Crippen LogP contribution >= 0.6 is 0 Å². The molecular weight excluding hydrogens is 363 g/mol. The van der Waals surface area contributed by atoms with E-state index in [0.29, 0.717) is 12.8 Å². The summed E-state index contributed by atoms with van der Waals surface area (Å²) in [4.78, 5) is 37.3. The van der Waals surface area contributed by atoms with Gasteiger partial charge in [-0.25, -0.2) is 9.18 Å². The summed E-state index contributed by atoms with van der Waals surface area (Å²) < 4.78 is 13.2. The fourth-order valence-corrected chi connectivity index (χ4v) is 3.99. The molecule has 3 N–H and O–H groups in total. The van der Waals surface area contributed by atoms with Crippen LogP contribution in [0.3, 0.4) is 0 Å². The van der Waals surface area contributed by atoms with E-state index in [4.69, 9.17) is 0 Å². The van der Waals surface area contributed by atoms with Gasteiger partial charge < -0.3 is 10.6 Å². The third-order valence-electron chi connectivity index (χ3n) is 5.48. The normalized spacial score (nSPS) is 19.8. The SMILES string of the molecule is CC(C)C(NCC(=O)NN1C(=O)NC2(CCCCC2)C1=O)c1ccc(F)cc1. The summed E-state index contributed by atoms with van der Waals surface area (Å²) in [5, 5.41) is 6.68. The van der Waals surface area contributed by atoms with Gasteiger partial charge in [-0.15, -0.1) is 0 Å². The lowest BCUT2D eigenvalue weighted by molar-refractivity contribution is -0.139. The maximum absolute atomic E-state index is 13.2. The van der Waals surface area contributed by atoms with E-state index in [1.54, 1.807) is 12.1 Å². The second kappa shape index (κ2) is 8.26. The zero-order valence-electron chi connectivity index (χ0n) is 16.3. The number of hydrazine groups is 1. The molecule has 2 aliphatic rings. The Morgan fingerprint density at radius 3 is 2.43 bits per heavy atom. The number of halogens is 1. The summed E-state index contributed by atoms with van der Waals surface area (Å²) in [6.07, 6.45) is 4.00. The third-order valence-corrected chi connectivity index (χ3v) is 5.48. The molecule has 1 saturated carbocycles. The Kier molecular flexibility index (Phi) is 5.98. The quantitative estimate of drug-likeness (QED) is 0.651. The Balaban J connectivity index is 1.59. The zero-order chi connectivity index (χ0) is 20.3. The monoisotopic (exact) mass is 390 g/mol. The predicted octanol–water partition coefficient (Wildman–Crippen LogP) is 2.40. The van der Waals surface area contributed by atoms with E-state index in [2.05, 4.69) is 16.1 Å². The predicted molar refractivity (Wildman–Crippen MR) is 101 cm³/mol. The molecule has 1 heterocycles. The highest BCUT2D eigenvalue weighted by Gasteiger charge is 2.52. The number of urea groups is 1. The molecule has 1 unspecified atom stereocenters. The van der Waals surface area contributed by atoms with Crippen molar-refractivity contribution in [2.75, 3.05) is 6.54 Å². The fourth-order valence-electron chi connectivity index (χ4n) is 3.99. The molecule has 7 nitrogen and oxygen atoms in total. The first-order valence-corrected chi connectivity index (χ1v) is 9.77. The van der Waals surface area contributed by atoms with Gasteiger partial charge in [-0.1, -0.05) is 45.2 Å². The number of carbonyl (C=O) groups excluding carboxylic acids is 3. The largest absolute Gasteiger partial charge is 0.344 e. The molecule has 4 amide bonds. The van der Waals surface area contributed by atoms with E-state index < -0.39 is 17.5 Å². The van der Waals surface area contributed by atoms with Gasteiger partial charge >= 0.3 is 6.03 Å². The van der Waals surface area contributed by atoms with E-state index in [0.717, 1.165) is 29.8 Å². The Morgan fingerprint density at radius 1 is 1.18 bits per heavy atom. The van der Waals surface area contributed by atoms with Crippen molar-refractivity contribution in [2.24, 2.45) is 5.92 Å². The molecular formula is C20H27FN4O3.